The lowest BCUT2D eigenvalue weighted by molar-refractivity contribution is 0.0472. The monoisotopic (exact) mass is 223 g/mol. The van der Waals surface area contributed by atoms with E-state index in [2.05, 4.69) is 21.8 Å². The molecule has 0 atom stereocenters. The van der Waals surface area contributed by atoms with Crippen LogP contribution in [-0.2, 0) is 13.1 Å². The van der Waals surface area contributed by atoms with E-state index in [1.165, 1.54) is 0 Å². The molecule has 1 fully saturated rings. The number of rotatable bonds is 5. The summed E-state index contributed by atoms with van der Waals surface area (Å²) in [6.07, 6.45) is 7.99. The maximum absolute atomic E-state index is 10.2. The molecule has 0 radical (unpaired) electrons. The van der Waals surface area contributed by atoms with E-state index in [9.17, 15) is 5.11 Å². The average Bonchev–Trinajstić information content (AvgIpc) is 2.88. The van der Waals surface area contributed by atoms with Crippen molar-refractivity contribution in [2.24, 2.45) is 0 Å². The first-order valence-corrected chi connectivity index (χ1v) is 6.17. The largest absolute Gasteiger partial charge is 0.389 e. The number of imidazole rings is 1. The maximum atomic E-state index is 10.2. The summed E-state index contributed by atoms with van der Waals surface area (Å²) in [6.45, 7) is 4.48. The van der Waals surface area contributed by atoms with Gasteiger partial charge >= 0.3 is 0 Å². The van der Waals surface area contributed by atoms with Gasteiger partial charge in [0.1, 0.15) is 5.82 Å². The lowest BCUT2D eigenvalue weighted by Crippen LogP contribution is -2.38. The molecule has 0 amide bonds. The first kappa shape index (κ1) is 11.6. The Kier molecular flexibility index (Phi) is 3.61. The van der Waals surface area contributed by atoms with Crippen molar-refractivity contribution in [1.82, 2.24) is 14.9 Å². The third-order valence-electron chi connectivity index (χ3n) is 3.41. The van der Waals surface area contributed by atoms with Gasteiger partial charge in [-0.25, -0.2) is 4.98 Å². The highest BCUT2D eigenvalue weighted by molar-refractivity contribution is 4.93. The molecule has 1 heterocycles. The van der Waals surface area contributed by atoms with Crippen LogP contribution in [0.3, 0.4) is 0 Å². The molecule has 0 bridgehead atoms. The molecule has 1 aliphatic carbocycles. The van der Waals surface area contributed by atoms with E-state index < -0.39 is 5.60 Å². The Balaban J connectivity index is 1.79. The zero-order chi connectivity index (χ0) is 11.4. The lowest BCUT2D eigenvalue weighted by Gasteiger charge is -2.22. The number of nitrogens with one attached hydrogen (secondary N) is 1. The van der Waals surface area contributed by atoms with Crippen LogP contribution in [0.1, 0.15) is 38.4 Å². The summed E-state index contributed by atoms with van der Waals surface area (Å²) in [4.78, 5) is 4.29. The molecule has 2 N–H and O–H groups in total. The van der Waals surface area contributed by atoms with Gasteiger partial charge in [0.2, 0.25) is 0 Å². The normalized spacial score (nSPS) is 19.1. The number of hydrogen-bond acceptors (Lipinski definition) is 3. The van der Waals surface area contributed by atoms with Crippen molar-refractivity contribution < 1.29 is 5.11 Å². The van der Waals surface area contributed by atoms with Crippen molar-refractivity contribution in [2.75, 3.05) is 6.54 Å². The van der Waals surface area contributed by atoms with E-state index in [-0.39, 0.29) is 0 Å². The standard InChI is InChI=1S/C12H21N3O/c1-2-15-8-7-14-11(15)9-13-10-12(16)5-3-4-6-12/h7-8,13,16H,2-6,9-10H2,1H3. The van der Waals surface area contributed by atoms with E-state index in [0.29, 0.717) is 6.54 Å². The van der Waals surface area contributed by atoms with E-state index in [1.807, 2.05) is 12.4 Å². The van der Waals surface area contributed by atoms with Crippen LogP contribution in [0.25, 0.3) is 0 Å². The number of aryl methyl sites for hydroxylation is 1. The number of aromatic nitrogens is 2. The van der Waals surface area contributed by atoms with Crippen LogP contribution in [0, 0.1) is 0 Å². The summed E-state index contributed by atoms with van der Waals surface area (Å²) in [6, 6.07) is 0. The van der Waals surface area contributed by atoms with Crippen LogP contribution < -0.4 is 5.32 Å². The molecule has 0 aliphatic heterocycles. The van der Waals surface area contributed by atoms with E-state index >= 15 is 0 Å². The van der Waals surface area contributed by atoms with Gasteiger partial charge in [-0.3, -0.25) is 0 Å². The molecule has 90 valence electrons. The Morgan fingerprint density at radius 1 is 1.50 bits per heavy atom. The number of aliphatic hydroxyl groups is 1. The summed E-state index contributed by atoms with van der Waals surface area (Å²) >= 11 is 0. The van der Waals surface area contributed by atoms with Gasteiger partial charge in [0.15, 0.2) is 0 Å². The van der Waals surface area contributed by atoms with E-state index in [4.69, 9.17) is 0 Å². The van der Waals surface area contributed by atoms with Crippen LogP contribution in [0.4, 0.5) is 0 Å². The van der Waals surface area contributed by atoms with Crippen molar-refractivity contribution in [2.45, 2.75) is 51.3 Å². The molecular formula is C12H21N3O. The van der Waals surface area contributed by atoms with Gasteiger partial charge in [0.05, 0.1) is 12.1 Å². The van der Waals surface area contributed by atoms with Gasteiger partial charge in [-0.05, 0) is 19.8 Å². The van der Waals surface area contributed by atoms with Crippen molar-refractivity contribution in [1.29, 1.82) is 0 Å². The Morgan fingerprint density at radius 2 is 2.25 bits per heavy atom. The Hall–Kier alpha value is -0.870. The first-order valence-electron chi connectivity index (χ1n) is 6.17. The second-order valence-corrected chi connectivity index (χ2v) is 4.66. The van der Waals surface area contributed by atoms with Gasteiger partial charge in [-0.15, -0.1) is 0 Å². The van der Waals surface area contributed by atoms with Crippen molar-refractivity contribution in [3.05, 3.63) is 18.2 Å². The van der Waals surface area contributed by atoms with Gasteiger partial charge in [-0.2, -0.15) is 0 Å². The van der Waals surface area contributed by atoms with Crippen LogP contribution in [0.15, 0.2) is 12.4 Å². The summed E-state index contributed by atoms with van der Waals surface area (Å²) in [7, 11) is 0. The smallest absolute Gasteiger partial charge is 0.122 e. The first-order chi connectivity index (χ1) is 7.73. The second-order valence-electron chi connectivity index (χ2n) is 4.66. The van der Waals surface area contributed by atoms with Crippen molar-refractivity contribution in [3.8, 4) is 0 Å². The highest BCUT2D eigenvalue weighted by Crippen LogP contribution is 2.28. The predicted molar refractivity (Wildman–Crippen MR) is 63.0 cm³/mol. The van der Waals surface area contributed by atoms with Crippen LogP contribution in [0.2, 0.25) is 0 Å². The highest BCUT2D eigenvalue weighted by Gasteiger charge is 2.30. The fourth-order valence-corrected chi connectivity index (χ4v) is 2.41. The molecule has 1 saturated carbocycles. The number of nitrogens with zero attached hydrogens (tertiary/aromatic N) is 2. The molecule has 4 nitrogen and oxygen atoms in total. The average molecular weight is 223 g/mol. The molecule has 0 unspecified atom stereocenters. The molecule has 1 aromatic rings. The van der Waals surface area contributed by atoms with E-state index in [1.54, 1.807) is 0 Å². The van der Waals surface area contributed by atoms with Crippen molar-refractivity contribution in [3.63, 3.8) is 0 Å². The molecular weight excluding hydrogens is 202 g/mol. The summed E-state index contributed by atoms with van der Waals surface area (Å²) in [5.74, 6) is 1.05. The molecule has 0 aromatic carbocycles. The molecule has 16 heavy (non-hydrogen) atoms. The Labute approximate surface area is 96.7 Å². The molecule has 2 rings (SSSR count). The fraction of sp³-hybridized carbons (Fsp3) is 0.750. The molecule has 0 spiro atoms. The zero-order valence-electron chi connectivity index (χ0n) is 9.95. The highest BCUT2D eigenvalue weighted by atomic mass is 16.3. The Morgan fingerprint density at radius 3 is 2.94 bits per heavy atom. The second kappa shape index (κ2) is 4.97. The van der Waals surface area contributed by atoms with Gasteiger partial charge in [0.25, 0.3) is 0 Å². The van der Waals surface area contributed by atoms with Gasteiger partial charge in [-0.1, -0.05) is 12.8 Å². The fourth-order valence-electron chi connectivity index (χ4n) is 2.41. The summed E-state index contributed by atoms with van der Waals surface area (Å²) in [5.41, 5.74) is -0.469. The lowest BCUT2D eigenvalue weighted by atomic mass is 10.0. The van der Waals surface area contributed by atoms with Crippen LogP contribution in [0.5, 0.6) is 0 Å². The predicted octanol–water partition coefficient (Wildman–Crippen LogP) is 1.30. The maximum Gasteiger partial charge on any atom is 0.122 e. The minimum atomic E-state index is -0.469. The van der Waals surface area contributed by atoms with E-state index in [0.717, 1.165) is 44.6 Å². The quantitative estimate of drug-likeness (QED) is 0.791. The molecule has 4 heteroatoms. The molecule has 1 aliphatic rings. The summed E-state index contributed by atoms with van der Waals surface area (Å²) in [5, 5.41) is 13.5. The van der Waals surface area contributed by atoms with Crippen LogP contribution in [-0.4, -0.2) is 26.8 Å². The minimum absolute atomic E-state index is 0.469. The van der Waals surface area contributed by atoms with Crippen LogP contribution >= 0.6 is 0 Å². The van der Waals surface area contributed by atoms with Gasteiger partial charge in [0, 0.05) is 25.5 Å². The topological polar surface area (TPSA) is 50.1 Å². The molecule has 0 saturated heterocycles. The zero-order valence-corrected chi connectivity index (χ0v) is 9.95. The minimum Gasteiger partial charge on any atom is -0.389 e. The third-order valence-corrected chi connectivity index (χ3v) is 3.41. The third kappa shape index (κ3) is 2.62. The Bertz CT molecular complexity index is 329. The summed E-state index contributed by atoms with van der Waals surface area (Å²) < 4.78 is 2.12. The van der Waals surface area contributed by atoms with Crippen molar-refractivity contribution >= 4 is 0 Å². The number of hydrogen-bond donors (Lipinski definition) is 2. The SMILES string of the molecule is CCn1ccnc1CNCC1(O)CCCC1. The van der Waals surface area contributed by atoms with Gasteiger partial charge < -0.3 is 15.0 Å². The molecule has 1 aromatic heterocycles.